The Morgan fingerprint density at radius 2 is 2.20 bits per heavy atom. The summed E-state index contributed by atoms with van der Waals surface area (Å²) in [6, 6.07) is 3.86. The summed E-state index contributed by atoms with van der Waals surface area (Å²) in [5.74, 6) is -0.952. The van der Waals surface area contributed by atoms with Crippen molar-refractivity contribution >= 4 is 0 Å². The van der Waals surface area contributed by atoms with Gasteiger partial charge in [-0.3, -0.25) is 0 Å². The maximum Gasteiger partial charge on any atom is 0.131 e. The van der Waals surface area contributed by atoms with Crippen molar-refractivity contribution in [3.63, 3.8) is 0 Å². The summed E-state index contributed by atoms with van der Waals surface area (Å²) in [7, 11) is 0. The van der Waals surface area contributed by atoms with Gasteiger partial charge in [-0.25, -0.2) is 8.78 Å². The minimum atomic E-state index is -0.513. The fourth-order valence-electron chi connectivity index (χ4n) is 2.41. The van der Waals surface area contributed by atoms with Crippen molar-refractivity contribution in [1.29, 1.82) is 0 Å². The third-order valence-corrected chi connectivity index (χ3v) is 3.29. The van der Waals surface area contributed by atoms with Crippen molar-refractivity contribution in [3.05, 3.63) is 35.4 Å². The zero-order chi connectivity index (χ0) is 10.9. The van der Waals surface area contributed by atoms with Crippen LogP contribution in [-0.2, 0) is 5.54 Å². The highest BCUT2D eigenvalue weighted by molar-refractivity contribution is 5.28. The number of rotatable bonds is 2. The standard InChI is InChI=1S/C12H15F2N/c1-2-12(6-3-7-15-12)10-5-4-9(13)8-11(10)14/h4-5,8,15H,2-3,6-7H2,1H3. The second-order valence-corrected chi connectivity index (χ2v) is 4.09. The first-order valence-corrected chi connectivity index (χ1v) is 5.38. The van der Waals surface area contributed by atoms with Gasteiger partial charge in [0.25, 0.3) is 0 Å². The van der Waals surface area contributed by atoms with Gasteiger partial charge in [0.15, 0.2) is 0 Å². The van der Waals surface area contributed by atoms with Crippen LogP contribution in [0.5, 0.6) is 0 Å². The molecule has 0 bridgehead atoms. The molecule has 82 valence electrons. The van der Waals surface area contributed by atoms with E-state index in [2.05, 4.69) is 5.32 Å². The molecule has 1 aliphatic rings. The number of hydrogen-bond acceptors (Lipinski definition) is 1. The van der Waals surface area contributed by atoms with Crippen LogP contribution in [0.1, 0.15) is 31.7 Å². The highest BCUT2D eigenvalue weighted by Crippen LogP contribution is 2.35. The second kappa shape index (κ2) is 3.89. The third kappa shape index (κ3) is 1.76. The first-order chi connectivity index (χ1) is 7.18. The van der Waals surface area contributed by atoms with E-state index in [9.17, 15) is 8.78 Å². The summed E-state index contributed by atoms with van der Waals surface area (Å²) < 4.78 is 26.5. The molecule has 1 aromatic carbocycles. The van der Waals surface area contributed by atoms with Crippen LogP contribution in [0.25, 0.3) is 0 Å². The molecule has 0 radical (unpaired) electrons. The maximum atomic E-state index is 13.7. The Balaban J connectivity index is 2.42. The van der Waals surface area contributed by atoms with Crippen LogP contribution in [0.2, 0.25) is 0 Å². The molecule has 3 heteroatoms. The number of hydrogen-bond donors (Lipinski definition) is 1. The molecule has 0 saturated carbocycles. The monoisotopic (exact) mass is 211 g/mol. The molecule has 1 saturated heterocycles. The van der Waals surface area contributed by atoms with Crippen molar-refractivity contribution in [2.45, 2.75) is 31.7 Å². The molecule has 1 atom stereocenters. The Morgan fingerprint density at radius 3 is 2.73 bits per heavy atom. The Hall–Kier alpha value is -0.960. The molecule has 1 aliphatic heterocycles. The van der Waals surface area contributed by atoms with Gasteiger partial charge in [-0.05, 0) is 31.9 Å². The average molecular weight is 211 g/mol. The predicted molar refractivity (Wildman–Crippen MR) is 55.6 cm³/mol. The minimum Gasteiger partial charge on any atom is -0.307 e. The molecule has 1 nitrogen and oxygen atoms in total. The SMILES string of the molecule is CCC1(c2ccc(F)cc2F)CCCN1. The molecule has 1 heterocycles. The molecule has 2 rings (SSSR count). The lowest BCUT2D eigenvalue weighted by Gasteiger charge is -2.29. The molecule has 0 spiro atoms. The lowest BCUT2D eigenvalue weighted by atomic mass is 9.85. The molecule has 1 N–H and O–H groups in total. The lowest BCUT2D eigenvalue weighted by Crippen LogP contribution is -2.36. The number of nitrogens with one attached hydrogen (secondary N) is 1. The maximum absolute atomic E-state index is 13.7. The van der Waals surface area contributed by atoms with Crippen molar-refractivity contribution in [2.24, 2.45) is 0 Å². The Morgan fingerprint density at radius 1 is 1.40 bits per heavy atom. The van der Waals surface area contributed by atoms with Crippen LogP contribution in [-0.4, -0.2) is 6.54 Å². The number of benzene rings is 1. The van der Waals surface area contributed by atoms with Crippen molar-refractivity contribution in [1.82, 2.24) is 5.32 Å². The van der Waals surface area contributed by atoms with Crippen molar-refractivity contribution < 1.29 is 8.78 Å². The molecule has 15 heavy (non-hydrogen) atoms. The molecule has 0 amide bonds. The summed E-state index contributed by atoms with van der Waals surface area (Å²) in [6.07, 6.45) is 2.80. The van der Waals surface area contributed by atoms with E-state index < -0.39 is 11.6 Å². The molecule has 0 aromatic heterocycles. The summed E-state index contributed by atoms with van der Waals surface area (Å²) in [4.78, 5) is 0. The van der Waals surface area contributed by atoms with Crippen LogP contribution in [0.4, 0.5) is 8.78 Å². The van der Waals surface area contributed by atoms with Crippen LogP contribution in [0, 0.1) is 11.6 Å². The van der Waals surface area contributed by atoms with Gasteiger partial charge < -0.3 is 5.32 Å². The van der Waals surface area contributed by atoms with Gasteiger partial charge in [0.1, 0.15) is 11.6 Å². The zero-order valence-corrected chi connectivity index (χ0v) is 8.82. The van der Waals surface area contributed by atoms with Crippen molar-refractivity contribution in [3.8, 4) is 0 Å². The minimum absolute atomic E-state index is 0.280. The van der Waals surface area contributed by atoms with E-state index in [1.54, 1.807) is 6.07 Å². The first-order valence-electron chi connectivity index (χ1n) is 5.38. The molecular formula is C12H15F2N. The lowest BCUT2D eigenvalue weighted by molar-refractivity contribution is 0.357. The van der Waals surface area contributed by atoms with Gasteiger partial charge in [0.2, 0.25) is 0 Å². The fourth-order valence-corrected chi connectivity index (χ4v) is 2.41. The van der Waals surface area contributed by atoms with Gasteiger partial charge in [-0.2, -0.15) is 0 Å². The molecule has 1 aromatic rings. The van der Waals surface area contributed by atoms with E-state index in [4.69, 9.17) is 0 Å². The van der Waals surface area contributed by atoms with Gasteiger partial charge in [-0.1, -0.05) is 13.0 Å². The van der Waals surface area contributed by atoms with Gasteiger partial charge in [0.05, 0.1) is 0 Å². The topological polar surface area (TPSA) is 12.0 Å². The molecule has 1 fully saturated rings. The highest BCUT2D eigenvalue weighted by atomic mass is 19.1. The average Bonchev–Trinajstić information content (AvgIpc) is 2.67. The quantitative estimate of drug-likeness (QED) is 0.793. The Bertz CT molecular complexity index is 357. The normalized spacial score (nSPS) is 25.8. The fraction of sp³-hybridized carbons (Fsp3) is 0.500. The summed E-state index contributed by atoms with van der Waals surface area (Å²) in [5, 5.41) is 3.33. The van der Waals surface area contributed by atoms with E-state index in [0.29, 0.717) is 5.56 Å². The van der Waals surface area contributed by atoms with Gasteiger partial charge in [0, 0.05) is 17.2 Å². The molecular weight excluding hydrogens is 196 g/mol. The van der Waals surface area contributed by atoms with Crippen LogP contribution in [0.15, 0.2) is 18.2 Å². The zero-order valence-electron chi connectivity index (χ0n) is 8.82. The number of halogens is 2. The van der Waals surface area contributed by atoms with E-state index in [1.165, 1.54) is 6.07 Å². The van der Waals surface area contributed by atoms with Crippen LogP contribution < -0.4 is 5.32 Å². The first kappa shape index (κ1) is 10.6. The van der Waals surface area contributed by atoms with E-state index in [1.807, 2.05) is 6.92 Å². The van der Waals surface area contributed by atoms with Crippen molar-refractivity contribution in [2.75, 3.05) is 6.54 Å². The largest absolute Gasteiger partial charge is 0.307 e. The Kier molecular flexibility index (Phi) is 2.74. The predicted octanol–water partition coefficient (Wildman–Crippen LogP) is 2.95. The van der Waals surface area contributed by atoms with Gasteiger partial charge >= 0.3 is 0 Å². The Labute approximate surface area is 88.5 Å². The van der Waals surface area contributed by atoms with Crippen LogP contribution >= 0.6 is 0 Å². The third-order valence-electron chi connectivity index (χ3n) is 3.29. The molecule has 1 unspecified atom stereocenters. The summed E-state index contributed by atoms with van der Waals surface area (Å²) in [6.45, 7) is 2.94. The summed E-state index contributed by atoms with van der Waals surface area (Å²) >= 11 is 0. The van der Waals surface area contributed by atoms with E-state index in [-0.39, 0.29) is 5.54 Å². The highest BCUT2D eigenvalue weighted by Gasteiger charge is 2.35. The summed E-state index contributed by atoms with van der Waals surface area (Å²) in [5.41, 5.74) is 0.321. The smallest absolute Gasteiger partial charge is 0.131 e. The second-order valence-electron chi connectivity index (χ2n) is 4.09. The van der Waals surface area contributed by atoms with Gasteiger partial charge in [-0.15, -0.1) is 0 Å². The molecule has 0 aliphatic carbocycles. The van der Waals surface area contributed by atoms with E-state index >= 15 is 0 Å². The van der Waals surface area contributed by atoms with Crippen LogP contribution in [0.3, 0.4) is 0 Å². The van der Waals surface area contributed by atoms with E-state index in [0.717, 1.165) is 31.9 Å².